The van der Waals surface area contributed by atoms with E-state index >= 15 is 0 Å². The second-order valence-corrected chi connectivity index (χ2v) is 7.78. The molecule has 25 heavy (non-hydrogen) atoms. The van der Waals surface area contributed by atoms with Crippen molar-refractivity contribution in [1.29, 1.82) is 0 Å². The van der Waals surface area contributed by atoms with Gasteiger partial charge in [0.2, 0.25) is 0 Å². The van der Waals surface area contributed by atoms with Gasteiger partial charge < -0.3 is 14.6 Å². The number of aromatic nitrogens is 2. The Morgan fingerprint density at radius 2 is 1.68 bits per heavy atom. The Morgan fingerprint density at radius 3 is 2.16 bits per heavy atom. The first kappa shape index (κ1) is 20.7. The zero-order valence-electron chi connectivity index (χ0n) is 15.5. The molecule has 0 spiro atoms. The summed E-state index contributed by atoms with van der Waals surface area (Å²) in [5.74, 6) is -2.71. The molecule has 1 rings (SSSR count). The molecule has 0 fully saturated rings. The Labute approximate surface area is 147 Å². The van der Waals surface area contributed by atoms with Crippen molar-refractivity contribution in [3.05, 3.63) is 18.2 Å². The predicted molar refractivity (Wildman–Crippen MR) is 89.2 cm³/mol. The Morgan fingerprint density at radius 1 is 1.12 bits per heavy atom. The molecule has 140 valence electrons. The van der Waals surface area contributed by atoms with Crippen LogP contribution in [0.25, 0.3) is 0 Å². The van der Waals surface area contributed by atoms with Crippen molar-refractivity contribution in [3.8, 4) is 0 Å². The summed E-state index contributed by atoms with van der Waals surface area (Å²) in [4.78, 5) is 39.2. The standard InChI is InChI=1S/C17H26N2O6/c1-16(2,3)24-13(20)8-11(14(21)22)7-12-9-19(10-18-12)15(23)25-17(4,5)6/h9-11H,7-8H2,1-6H3,(H,21,22). The average Bonchev–Trinajstić information content (AvgIpc) is 2.82. The lowest BCUT2D eigenvalue weighted by Crippen LogP contribution is -2.28. The van der Waals surface area contributed by atoms with Gasteiger partial charge in [-0.2, -0.15) is 0 Å². The van der Waals surface area contributed by atoms with Gasteiger partial charge in [-0.25, -0.2) is 14.3 Å². The summed E-state index contributed by atoms with van der Waals surface area (Å²) < 4.78 is 11.5. The monoisotopic (exact) mass is 354 g/mol. The molecule has 8 heteroatoms. The predicted octanol–water partition coefficient (Wildman–Crippen LogP) is 2.64. The maximum Gasteiger partial charge on any atom is 0.419 e. The fourth-order valence-electron chi connectivity index (χ4n) is 1.97. The third kappa shape index (κ3) is 7.82. The van der Waals surface area contributed by atoms with Crippen molar-refractivity contribution >= 4 is 18.0 Å². The van der Waals surface area contributed by atoms with E-state index < -0.39 is 35.2 Å². The first-order chi connectivity index (χ1) is 11.3. The maximum absolute atomic E-state index is 11.9. The quantitative estimate of drug-likeness (QED) is 0.810. The van der Waals surface area contributed by atoms with E-state index in [4.69, 9.17) is 9.47 Å². The molecule has 8 nitrogen and oxygen atoms in total. The third-order valence-electron chi connectivity index (χ3n) is 2.88. The lowest BCUT2D eigenvalue weighted by atomic mass is 10.00. The highest BCUT2D eigenvalue weighted by Crippen LogP contribution is 2.16. The van der Waals surface area contributed by atoms with E-state index in [0.717, 1.165) is 4.57 Å². The minimum atomic E-state index is -1.13. The first-order valence-corrected chi connectivity index (χ1v) is 7.98. The van der Waals surface area contributed by atoms with Crippen molar-refractivity contribution in [2.24, 2.45) is 5.92 Å². The van der Waals surface area contributed by atoms with Crippen molar-refractivity contribution in [2.45, 2.75) is 65.6 Å². The van der Waals surface area contributed by atoms with Gasteiger partial charge in [0.1, 0.15) is 17.5 Å². The van der Waals surface area contributed by atoms with Crippen LogP contribution >= 0.6 is 0 Å². The van der Waals surface area contributed by atoms with Crippen LogP contribution in [0.15, 0.2) is 12.5 Å². The molecule has 0 radical (unpaired) electrons. The number of imidazole rings is 1. The molecule has 0 aromatic carbocycles. The number of carbonyl (C=O) groups excluding carboxylic acids is 2. The molecule has 0 saturated heterocycles. The smallest absolute Gasteiger partial charge is 0.419 e. The highest BCUT2D eigenvalue weighted by atomic mass is 16.6. The summed E-state index contributed by atoms with van der Waals surface area (Å²) in [6.45, 7) is 10.4. The van der Waals surface area contributed by atoms with Gasteiger partial charge in [-0.05, 0) is 41.5 Å². The highest BCUT2D eigenvalue weighted by Gasteiger charge is 2.26. The van der Waals surface area contributed by atoms with Crippen LogP contribution < -0.4 is 0 Å². The van der Waals surface area contributed by atoms with Gasteiger partial charge in [0.25, 0.3) is 0 Å². The van der Waals surface area contributed by atoms with Gasteiger partial charge in [-0.15, -0.1) is 0 Å². The van der Waals surface area contributed by atoms with Gasteiger partial charge in [-0.3, -0.25) is 9.59 Å². The van der Waals surface area contributed by atoms with Gasteiger partial charge in [0, 0.05) is 12.6 Å². The molecule has 0 aliphatic carbocycles. The van der Waals surface area contributed by atoms with E-state index in [-0.39, 0.29) is 12.8 Å². The SMILES string of the molecule is CC(C)(C)OC(=O)CC(Cc1cn(C(=O)OC(C)(C)C)cn1)C(=O)O. The summed E-state index contributed by atoms with van der Waals surface area (Å²) in [7, 11) is 0. The van der Waals surface area contributed by atoms with E-state index in [2.05, 4.69) is 4.98 Å². The summed E-state index contributed by atoms with van der Waals surface area (Å²) in [5, 5.41) is 9.32. The summed E-state index contributed by atoms with van der Waals surface area (Å²) in [6.07, 6.45) is 1.79. The number of carboxylic acids is 1. The topological polar surface area (TPSA) is 108 Å². The van der Waals surface area contributed by atoms with Crippen LogP contribution in [-0.2, 0) is 25.5 Å². The van der Waals surface area contributed by atoms with E-state index in [9.17, 15) is 19.5 Å². The molecule has 1 atom stereocenters. The molecular weight excluding hydrogens is 328 g/mol. The maximum atomic E-state index is 11.9. The van der Waals surface area contributed by atoms with E-state index in [1.165, 1.54) is 12.5 Å². The largest absolute Gasteiger partial charge is 0.481 e. The lowest BCUT2D eigenvalue weighted by molar-refractivity contribution is -0.159. The lowest BCUT2D eigenvalue weighted by Gasteiger charge is -2.20. The number of aliphatic carboxylic acids is 1. The van der Waals surface area contributed by atoms with Crippen LogP contribution in [0.4, 0.5) is 4.79 Å². The zero-order chi connectivity index (χ0) is 19.4. The van der Waals surface area contributed by atoms with Crippen molar-refractivity contribution < 1.29 is 29.0 Å². The number of esters is 1. The number of carboxylic acid groups (broad SMARTS) is 1. The Balaban J connectivity index is 2.76. The minimum Gasteiger partial charge on any atom is -0.481 e. The van der Waals surface area contributed by atoms with Crippen molar-refractivity contribution in [3.63, 3.8) is 0 Å². The normalized spacial score (nSPS) is 13.2. The number of carbonyl (C=O) groups is 3. The molecule has 0 bridgehead atoms. The Kier molecular flexibility index (Phi) is 6.34. The summed E-state index contributed by atoms with van der Waals surface area (Å²) in [5.41, 5.74) is -0.956. The Hall–Kier alpha value is -2.38. The molecule has 1 heterocycles. The summed E-state index contributed by atoms with van der Waals surface area (Å²) >= 11 is 0. The second-order valence-electron chi connectivity index (χ2n) is 7.78. The molecule has 0 aliphatic rings. The van der Waals surface area contributed by atoms with E-state index in [1.807, 2.05) is 0 Å². The summed E-state index contributed by atoms with van der Waals surface area (Å²) in [6, 6.07) is 0. The third-order valence-corrected chi connectivity index (χ3v) is 2.88. The first-order valence-electron chi connectivity index (χ1n) is 7.98. The number of hydrogen-bond donors (Lipinski definition) is 1. The van der Waals surface area contributed by atoms with Gasteiger partial charge in [0.15, 0.2) is 0 Å². The number of rotatable bonds is 5. The molecule has 1 unspecified atom stereocenters. The van der Waals surface area contributed by atoms with Gasteiger partial charge in [0.05, 0.1) is 18.0 Å². The molecule has 0 amide bonds. The van der Waals surface area contributed by atoms with Crippen LogP contribution in [0.1, 0.15) is 53.7 Å². The molecular formula is C17H26N2O6. The molecule has 1 aromatic rings. The van der Waals surface area contributed by atoms with E-state index in [1.54, 1.807) is 41.5 Å². The van der Waals surface area contributed by atoms with Crippen LogP contribution in [-0.4, -0.2) is 43.9 Å². The number of ether oxygens (including phenoxy) is 2. The van der Waals surface area contributed by atoms with Gasteiger partial charge >= 0.3 is 18.0 Å². The average molecular weight is 354 g/mol. The van der Waals surface area contributed by atoms with Crippen molar-refractivity contribution in [2.75, 3.05) is 0 Å². The van der Waals surface area contributed by atoms with Gasteiger partial charge in [-0.1, -0.05) is 0 Å². The minimum absolute atomic E-state index is 0.00434. The fourth-order valence-corrected chi connectivity index (χ4v) is 1.97. The van der Waals surface area contributed by atoms with E-state index in [0.29, 0.717) is 5.69 Å². The van der Waals surface area contributed by atoms with Crippen LogP contribution in [0.2, 0.25) is 0 Å². The van der Waals surface area contributed by atoms with Crippen LogP contribution in [0, 0.1) is 5.92 Å². The molecule has 0 saturated carbocycles. The molecule has 1 aromatic heterocycles. The highest BCUT2D eigenvalue weighted by molar-refractivity contribution is 5.79. The molecule has 1 N–H and O–H groups in total. The molecule has 0 aliphatic heterocycles. The van der Waals surface area contributed by atoms with Crippen LogP contribution in [0.3, 0.4) is 0 Å². The second kappa shape index (κ2) is 7.67. The Bertz CT molecular complexity index is 636. The van der Waals surface area contributed by atoms with Crippen LogP contribution in [0.5, 0.6) is 0 Å². The fraction of sp³-hybridized carbons (Fsp3) is 0.647. The number of hydrogen-bond acceptors (Lipinski definition) is 6. The van der Waals surface area contributed by atoms with Crippen molar-refractivity contribution in [1.82, 2.24) is 9.55 Å². The number of nitrogens with zero attached hydrogens (tertiary/aromatic N) is 2. The zero-order valence-corrected chi connectivity index (χ0v) is 15.5.